The van der Waals surface area contributed by atoms with E-state index in [2.05, 4.69) is 5.32 Å². The van der Waals surface area contributed by atoms with Crippen molar-refractivity contribution < 1.29 is 13.9 Å². The topological polar surface area (TPSA) is 77.5 Å². The van der Waals surface area contributed by atoms with Crippen molar-refractivity contribution in [3.05, 3.63) is 23.2 Å². The first-order valence-corrected chi connectivity index (χ1v) is 6.28. The lowest BCUT2D eigenvalue weighted by atomic mass is 9.83. The highest BCUT2D eigenvalue weighted by Gasteiger charge is 2.40. The van der Waals surface area contributed by atoms with Gasteiger partial charge in [-0.05, 0) is 33.3 Å². The number of amides is 1. The van der Waals surface area contributed by atoms with Gasteiger partial charge in [0.25, 0.3) is 5.91 Å². The van der Waals surface area contributed by atoms with E-state index in [0.29, 0.717) is 17.9 Å². The van der Waals surface area contributed by atoms with Gasteiger partial charge in [0.1, 0.15) is 11.5 Å². The Balaban J connectivity index is 2.01. The van der Waals surface area contributed by atoms with Gasteiger partial charge in [-0.25, -0.2) is 0 Å². The van der Waals surface area contributed by atoms with Crippen LogP contribution in [0.3, 0.4) is 0 Å². The third-order valence-corrected chi connectivity index (χ3v) is 3.33. The summed E-state index contributed by atoms with van der Waals surface area (Å²) in [6.07, 6.45) is 0.824. The maximum absolute atomic E-state index is 12.1. The van der Waals surface area contributed by atoms with Gasteiger partial charge in [-0.1, -0.05) is 0 Å². The second-order valence-corrected chi connectivity index (χ2v) is 4.72. The number of ether oxygens (including phenoxy) is 1. The molecule has 2 rings (SSSR count). The summed E-state index contributed by atoms with van der Waals surface area (Å²) in [6, 6.07) is 1.61. The Morgan fingerprint density at radius 2 is 2.33 bits per heavy atom. The molecule has 0 aliphatic heterocycles. The molecule has 3 N–H and O–H groups in total. The van der Waals surface area contributed by atoms with Crippen LogP contribution in [0.25, 0.3) is 0 Å². The number of furan rings is 1. The first-order valence-electron chi connectivity index (χ1n) is 6.28. The third-order valence-electron chi connectivity index (χ3n) is 3.33. The zero-order valence-electron chi connectivity index (χ0n) is 11.0. The number of nitrogens with two attached hydrogens (primary N) is 1. The first kappa shape index (κ1) is 13.1. The number of aryl methyl sites for hydroxylation is 2. The van der Waals surface area contributed by atoms with E-state index >= 15 is 0 Å². The predicted molar refractivity (Wildman–Crippen MR) is 67.4 cm³/mol. The van der Waals surface area contributed by atoms with Gasteiger partial charge in [-0.3, -0.25) is 4.79 Å². The molecule has 18 heavy (non-hydrogen) atoms. The van der Waals surface area contributed by atoms with Gasteiger partial charge in [0.15, 0.2) is 0 Å². The van der Waals surface area contributed by atoms with Crippen LogP contribution in [0.2, 0.25) is 0 Å². The summed E-state index contributed by atoms with van der Waals surface area (Å²) in [5.41, 5.74) is 6.47. The van der Waals surface area contributed by atoms with E-state index in [1.807, 2.05) is 13.8 Å². The third kappa shape index (κ3) is 2.42. The fourth-order valence-corrected chi connectivity index (χ4v) is 2.31. The first-order chi connectivity index (χ1) is 8.52. The van der Waals surface area contributed by atoms with Crippen LogP contribution in [0.5, 0.6) is 0 Å². The molecule has 5 nitrogen and oxygen atoms in total. The molecule has 1 aliphatic carbocycles. The van der Waals surface area contributed by atoms with Crippen LogP contribution in [0.4, 0.5) is 0 Å². The molecule has 1 aromatic rings. The number of rotatable bonds is 4. The molecule has 0 spiro atoms. The minimum Gasteiger partial charge on any atom is -0.466 e. The normalized spacial score (nSPS) is 26.8. The zero-order valence-corrected chi connectivity index (χ0v) is 11.0. The van der Waals surface area contributed by atoms with Gasteiger partial charge >= 0.3 is 0 Å². The smallest absolute Gasteiger partial charge is 0.255 e. The summed E-state index contributed by atoms with van der Waals surface area (Å²) in [7, 11) is 0. The molecule has 3 atom stereocenters. The summed E-state index contributed by atoms with van der Waals surface area (Å²) in [5.74, 6) is 1.22. The van der Waals surface area contributed by atoms with E-state index in [9.17, 15) is 4.79 Å². The highest BCUT2D eigenvalue weighted by Crippen LogP contribution is 2.23. The average Bonchev–Trinajstić information content (AvgIpc) is 2.65. The number of carbonyl (C=O) groups is 1. The van der Waals surface area contributed by atoms with Crippen molar-refractivity contribution in [3.63, 3.8) is 0 Å². The van der Waals surface area contributed by atoms with Gasteiger partial charge in [0.2, 0.25) is 0 Å². The molecule has 0 aromatic carbocycles. The summed E-state index contributed by atoms with van der Waals surface area (Å²) in [6.45, 7) is 6.17. The summed E-state index contributed by atoms with van der Waals surface area (Å²) in [5, 5.41) is 2.92. The molecule has 0 radical (unpaired) electrons. The van der Waals surface area contributed by atoms with Gasteiger partial charge in [-0.15, -0.1) is 0 Å². The molecule has 1 heterocycles. The Hall–Kier alpha value is -1.33. The van der Waals surface area contributed by atoms with Crippen molar-refractivity contribution in [3.8, 4) is 0 Å². The molecule has 0 saturated heterocycles. The Kier molecular flexibility index (Phi) is 3.73. The molecule has 5 heteroatoms. The minimum absolute atomic E-state index is 0.0289. The molecule has 100 valence electrons. The molecular weight excluding hydrogens is 232 g/mol. The Labute approximate surface area is 107 Å². The largest absolute Gasteiger partial charge is 0.466 e. The minimum atomic E-state index is -0.144. The second-order valence-electron chi connectivity index (χ2n) is 4.72. The van der Waals surface area contributed by atoms with Crippen molar-refractivity contribution >= 4 is 5.91 Å². The molecule has 1 amide bonds. The highest BCUT2D eigenvalue weighted by atomic mass is 16.5. The fraction of sp³-hybridized carbons (Fsp3) is 0.615. The fourth-order valence-electron chi connectivity index (χ4n) is 2.31. The van der Waals surface area contributed by atoms with E-state index in [1.54, 1.807) is 13.0 Å². The lowest BCUT2D eigenvalue weighted by molar-refractivity contribution is -0.0300. The van der Waals surface area contributed by atoms with Crippen LogP contribution in [0.15, 0.2) is 10.5 Å². The van der Waals surface area contributed by atoms with Gasteiger partial charge in [0, 0.05) is 12.6 Å². The number of nitrogens with one attached hydrogen (secondary N) is 1. The van der Waals surface area contributed by atoms with E-state index in [-0.39, 0.29) is 24.1 Å². The summed E-state index contributed by atoms with van der Waals surface area (Å²) < 4.78 is 10.9. The van der Waals surface area contributed by atoms with Crippen LogP contribution >= 0.6 is 0 Å². The standard InChI is InChI=1S/C13H20N2O3/c1-4-17-11-6-10(14)12(11)15-13(16)9-5-7(2)18-8(9)3/h5,10-12H,4,6,14H2,1-3H3,(H,15,16). The van der Waals surface area contributed by atoms with Crippen LogP contribution < -0.4 is 11.1 Å². The molecule has 1 fully saturated rings. The number of hydrogen-bond donors (Lipinski definition) is 2. The Morgan fingerprint density at radius 1 is 1.61 bits per heavy atom. The number of hydrogen-bond acceptors (Lipinski definition) is 4. The molecule has 1 aromatic heterocycles. The summed E-state index contributed by atoms with van der Waals surface area (Å²) in [4.78, 5) is 12.1. The van der Waals surface area contributed by atoms with Gasteiger partial charge in [0.05, 0.1) is 17.7 Å². The summed E-state index contributed by atoms with van der Waals surface area (Å²) >= 11 is 0. The van der Waals surface area contributed by atoms with Crippen LogP contribution in [0.1, 0.15) is 35.2 Å². The van der Waals surface area contributed by atoms with Crippen LogP contribution in [-0.2, 0) is 4.74 Å². The lowest BCUT2D eigenvalue weighted by Gasteiger charge is -2.42. The van der Waals surface area contributed by atoms with E-state index < -0.39 is 0 Å². The molecule has 1 aliphatic rings. The van der Waals surface area contributed by atoms with E-state index in [1.165, 1.54) is 0 Å². The molecule has 1 saturated carbocycles. The quantitative estimate of drug-likeness (QED) is 0.842. The van der Waals surface area contributed by atoms with Crippen molar-refractivity contribution in [2.24, 2.45) is 5.73 Å². The SMILES string of the molecule is CCOC1CC(N)C1NC(=O)c1cc(C)oc1C. The Bertz CT molecular complexity index is 439. The van der Waals surface area contributed by atoms with Crippen molar-refractivity contribution in [2.75, 3.05) is 6.61 Å². The zero-order chi connectivity index (χ0) is 13.3. The van der Waals surface area contributed by atoms with Crippen LogP contribution in [0, 0.1) is 13.8 Å². The molecular formula is C13H20N2O3. The van der Waals surface area contributed by atoms with E-state index in [0.717, 1.165) is 12.2 Å². The second kappa shape index (κ2) is 5.12. The van der Waals surface area contributed by atoms with Crippen molar-refractivity contribution in [1.82, 2.24) is 5.32 Å². The molecule has 0 bridgehead atoms. The van der Waals surface area contributed by atoms with Crippen LogP contribution in [-0.4, -0.2) is 30.7 Å². The maximum Gasteiger partial charge on any atom is 0.255 e. The monoisotopic (exact) mass is 252 g/mol. The predicted octanol–water partition coefficient (Wildman–Crippen LogP) is 1.13. The van der Waals surface area contributed by atoms with Crippen molar-refractivity contribution in [1.29, 1.82) is 0 Å². The van der Waals surface area contributed by atoms with Gasteiger partial charge in [-0.2, -0.15) is 0 Å². The van der Waals surface area contributed by atoms with Crippen molar-refractivity contribution in [2.45, 2.75) is 45.4 Å². The maximum atomic E-state index is 12.1. The highest BCUT2D eigenvalue weighted by molar-refractivity contribution is 5.95. The van der Waals surface area contributed by atoms with Gasteiger partial charge < -0.3 is 20.2 Å². The average molecular weight is 252 g/mol. The lowest BCUT2D eigenvalue weighted by Crippen LogP contribution is -2.64. The van der Waals surface area contributed by atoms with E-state index in [4.69, 9.17) is 14.9 Å². The number of carbonyl (C=O) groups excluding carboxylic acids is 1. The molecule has 3 unspecified atom stereocenters. The Morgan fingerprint density at radius 3 is 2.83 bits per heavy atom.